The molecule has 0 saturated heterocycles. The number of benzene rings is 3. The van der Waals surface area contributed by atoms with Gasteiger partial charge in [0.05, 0.1) is 12.1 Å². The topological polar surface area (TPSA) is 32.3 Å². The van der Waals surface area contributed by atoms with E-state index in [1.54, 1.807) is 0 Å². The highest BCUT2D eigenvalue weighted by Crippen LogP contribution is 2.38. The fraction of sp³-hybridized carbons (Fsp3) is 0.160. The van der Waals surface area contributed by atoms with E-state index in [2.05, 4.69) is 5.32 Å². The van der Waals surface area contributed by atoms with E-state index in [1.165, 1.54) is 12.1 Å². The first-order valence-electron chi connectivity index (χ1n) is 10.1. The monoisotopic (exact) mass is 490 g/mol. The van der Waals surface area contributed by atoms with Gasteiger partial charge in [-0.3, -0.25) is 4.79 Å². The molecule has 0 spiro atoms. The lowest BCUT2D eigenvalue weighted by atomic mass is 9.89. The van der Waals surface area contributed by atoms with Crippen LogP contribution in [0.2, 0.25) is 10.0 Å². The predicted molar refractivity (Wildman–Crippen MR) is 125 cm³/mol. The number of amides is 1. The second kappa shape index (κ2) is 9.49. The quantitative estimate of drug-likeness (QED) is 0.413. The van der Waals surface area contributed by atoms with Crippen molar-refractivity contribution in [3.05, 3.63) is 106 Å². The van der Waals surface area contributed by atoms with Crippen LogP contribution in [0, 0.1) is 0 Å². The number of nitrogens with one attached hydrogen (secondary N) is 1. The van der Waals surface area contributed by atoms with E-state index >= 15 is 0 Å². The molecule has 1 aliphatic heterocycles. The molecule has 0 fully saturated rings. The zero-order valence-electron chi connectivity index (χ0n) is 17.2. The molecule has 1 aliphatic rings. The summed E-state index contributed by atoms with van der Waals surface area (Å²) >= 11 is 12.1. The minimum absolute atomic E-state index is 0.0160. The van der Waals surface area contributed by atoms with Crippen LogP contribution in [0.15, 0.2) is 79.0 Å². The molecule has 0 saturated carbocycles. The van der Waals surface area contributed by atoms with Crippen LogP contribution in [0.3, 0.4) is 0 Å². The molecule has 170 valence electrons. The predicted octanol–water partition coefficient (Wildman–Crippen LogP) is 7.09. The van der Waals surface area contributed by atoms with E-state index in [9.17, 15) is 18.0 Å². The molecule has 3 aromatic carbocycles. The Balaban J connectivity index is 1.50. The highest BCUT2D eigenvalue weighted by atomic mass is 35.5. The van der Waals surface area contributed by atoms with E-state index in [0.29, 0.717) is 22.3 Å². The molecule has 0 aromatic heterocycles. The Hall–Kier alpha value is -2.96. The zero-order valence-corrected chi connectivity index (χ0v) is 18.8. The maximum Gasteiger partial charge on any atom is 0.416 e. The molecular formula is C25H19Cl2F3N2O. The van der Waals surface area contributed by atoms with E-state index in [4.69, 9.17) is 23.2 Å². The lowest BCUT2D eigenvalue weighted by molar-refractivity contribution is -0.137. The van der Waals surface area contributed by atoms with Crippen LogP contribution in [-0.2, 0) is 11.0 Å². The van der Waals surface area contributed by atoms with Gasteiger partial charge in [0.25, 0.3) is 0 Å². The number of halogens is 5. The maximum absolute atomic E-state index is 12.7. The molecule has 1 unspecified atom stereocenters. The van der Waals surface area contributed by atoms with Crippen LogP contribution in [0.5, 0.6) is 0 Å². The Bertz CT molecular complexity index is 1160. The Labute approximate surface area is 199 Å². The summed E-state index contributed by atoms with van der Waals surface area (Å²) in [5, 5.41) is 3.93. The first-order chi connectivity index (χ1) is 15.7. The van der Waals surface area contributed by atoms with Crippen molar-refractivity contribution in [3.63, 3.8) is 0 Å². The number of carbonyl (C=O) groups is 1. The second-order valence-corrected chi connectivity index (χ2v) is 8.62. The van der Waals surface area contributed by atoms with Crippen molar-refractivity contribution in [2.75, 3.05) is 18.4 Å². The second-order valence-electron chi connectivity index (χ2n) is 7.75. The summed E-state index contributed by atoms with van der Waals surface area (Å²) in [4.78, 5) is 14.5. The fourth-order valence-corrected chi connectivity index (χ4v) is 4.06. The van der Waals surface area contributed by atoms with Crippen LogP contribution in [-0.4, -0.2) is 23.9 Å². The van der Waals surface area contributed by atoms with Crippen molar-refractivity contribution in [2.45, 2.75) is 12.1 Å². The van der Waals surface area contributed by atoms with Gasteiger partial charge >= 0.3 is 6.18 Å². The van der Waals surface area contributed by atoms with Crippen LogP contribution in [0.1, 0.15) is 22.6 Å². The summed E-state index contributed by atoms with van der Waals surface area (Å²) < 4.78 is 38.2. The molecule has 3 nitrogen and oxygen atoms in total. The van der Waals surface area contributed by atoms with Crippen molar-refractivity contribution in [1.82, 2.24) is 4.90 Å². The smallest absolute Gasteiger partial charge is 0.367 e. The van der Waals surface area contributed by atoms with Crippen molar-refractivity contribution in [2.24, 2.45) is 0 Å². The molecule has 1 amide bonds. The van der Waals surface area contributed by atoms with Crippen molar-refractivity contribution in [1.29, 1.82) is 0 Å². The summed E-state index contributed by atoms with van der Waals surface area (Å²) in [6.45, 7) is 0.627. The largest absolute Gasteiger partial charge is 0.416 e. The molecule has 8 heteroatoms. The van der Waals surface area contributed by atoms with Crippen molar-refractivity contribution in [3.8, 4) is 0 Å². The number of hydrogen-bond acceptors (Lipinski definition) is 2. The normalized spacial score (nSPS) is 16.0. The molecule has 4 rings (SSSR count). The average molecular weight is 491 g/mol. The number of carbonyl (C=O) groups excluding carboxylic acids is 1. The van der Waals surface area contributed by atoms with Gasteiger partial charge in [-0.15, -0.1) is 0 Å². The SMILES string of the molecule is O=C(CN1C=C(c2ccc(Cl)cc2)C(c2ccc(Cl)cc2)C1)Nc1ccc(C(F)(F)F)cc1. The number of hydrogen-bond donors (Lipinski definition) is 1. The lowest BCUT2D eigenvalue weighted by Gasteiger charge is -2.19. The van der Waals surface area contributed by atoms with Gasteiger partial charge in [0.15, 0.2) is 0 Å². The Morgan fingerprint density at radius 3 is 2.06 bits per heavy atom. The van der Waals surface area contributed by atoms with Gasteiger partial charge in [-0.2, -0.15) is 13.2 Å². The average Bonchev–Trinajstić information content (AvgIpc) is 3.18. The number of rotatable bonds is 5. The van der Waals surface area contributed by atoms with E-state index in [-0.39, 0.29) is 18.4 Å². The number of anilines is 1. The summed E-state index contributed by atoms with van der Waals surface area (Å²) in [6, 6.07) is 19.5. The first kappa shape index (κ1) is 23.2. The standard InChI is InChI=1S/C25H19Cl2F3N2O/c26-19-7-1-16(2-8-19)22-13-32(14-23(22)17-3-9-20(27)10-4-17)15-24(33)31-21-11-5-18(6-12-21)25(28,29)30/h1-13,23H,14-15H2,(H,31,33). The molecule has 1 heterocycles. The van der Waals surface area contributed by atoms with Crippen LogP contribution in [0.25, 0.3) is 5.57 Å². The van der Waals surface area contributed by atoms with Crippen LogP contribution < -0.4 is 5.32 Å². The molecule has 3 aromatic rings. The summed E-state index contributed by atoms with van der Waals surface area (Å²) in [6.07, 6.45) is -2.48. The van der Waals surface area contributed by atoms with E-state index in [0.717, 1.165) is 28.8 Å². The highest BCUT2D eigenvalue weighted by Gasteiger charge is 2.30. The summed E-state index contributed by atoms with van der Waals surface area (Å²) in [5.74, 6) is -0.305. The first-order valence-corrected chi connectivity index (χ1v) is 10.9. The van der Waals surface area contributed by atoms with Gasteiger partial charge < -0.3 is 10.2 Å². The van der Waals surface area contributed by atoms with Gasteiger partial charge in [0, 0.05) is 34.4 Å². The summed E-state index contributed by atoms with van der Waals surface area (Å²) in [7, 11) is 0. The molecule has 0 radical (unpaired) electrons. The zero-order chi connectivity index (χ0) is 23.6. The van der Waals surface area contributed by atoms with Gasteiger partial charge in [-0.25, -0.2) is 0 Å². The third kappa shape index (κ3) is 5.70. The lowest BCUT2D eigenvalue weighted by Crippen LogP contribution is -2.29. The molecule has 0 aliphatic carbocycles. The van der Waals surface area contributed by atoms with E-state index in [1.807, 2.05) is 59.6 Å². The number of alkyl halides is 3. The molecule has 1 atom stereocenters. The molecule has 0 bridgehead atoms. The van der Waals surface area contributed by atoms with Crippen molar-refractivity contribution >= 4 is 40.4 Å². The minimum atomic E-state index is -4.42. The Kier molecular flexibility index (Phi) is 6.68. The maximum atomic E-state index is 12.7. The third-order valence-corrected chi connectivity index (χ3v) is 5.91. The van der Waals surface area contributed by atoms with Crippen molar-refractivity contribution < 1.29 is 18.0 Å². The van der Waals surface area contributed by atoms with Gasteiger partial charge in [-0.05, 0) is 65.2 Å². The van der Waals surface area contributed by atoms with Gasteiger partial charge in [0.2, 0.25) is 5.91 Å². The minimum Gasteiger partial charge on any atom is -0.367 e. The van der Waals surface area contributed by atoms with E-state index < -0.39 is 11.7 Å². The van der Waals surface area contributed by atoms with Crippen LogP contribution >= 0.6 is 23.2 Å². The molecular weight excluding hydrogens is 472 g/mol. The van der Waals surface area contributed by atoms with Gasteiger partial charge in [0.1, 0.15) is 0 Å². The third-order valence-electron chi connectivity index (χ3n) is 5.41. The number of nitrogens with zero attached hydrogens (tertiary/aromatic N) is 1. The summed E-state index contributed by atoms with van der Waals surface area (Å²) in [5.41, 5.74) is 2.64. The fourth-order valence-electron chi connectivity index (χ4n) is 3.81. The Morgan fingerprint density at radius 2 is 1.48 bits per heavy atom. The van der Waals surface area contributed by atoms with Crippen LogP contribution in [0.4, 0.5) is 18.9 Å². The van der Waals surface area contributed by atoms with Gasteiger partial charge in [-0.1, -0.05) is 47.5 Å². The molecule has 33 heavy (non-hydrogen) atoms. The molecule has 1 N–H and O–H groups in total. The Morgan fingerprint density at radius 1 is 0.909 bits per heavy atom. The highest BCUT2D eigenvalue weighted by molar-refractivity contribution is 6.30.